The van der Waals surface area contributed by atoms with E-state index in [9.17, 15) is 4.79 Å². The van der Waals surface area contributed by atoms with Crippen molar-refractivity contribution in [3.63, 3.8) is 0 Å². The van der Waals surface area contributed by atoms with Crippen molar-refractivity contribution in [1.82, 2.24) is 5.32 Å². The topological polar surface area (TPSA) is 29.1 Å². The Morgan fingerprint density at radius 1 is 0.714 bits per heavy atom. The van der Waals surface area contributed by atoms with Crippen molar-refractivity contribution in [3.05, 3.63) is 138 Å². The van der Waals surface area contributed by atoms with Crippen LogP contribution in [0.4, 0.5) is 0 Å². The molecule has 0 aliphatic rings. The summed E-state index contributed by atoms with van der Waals surface area (Å²) in [5.41, 5.74) is 1.63. The Balaban J connectivity index is 1.96. The van der Waals surface area contributed by atoms with Crippen LogP contribution >= 0.6 is 19.0 Å². The van der Waals surface area contributed by atoms with Crippen LogP contribution in [0, 0.1) is 0 Å². The van der Waals surface area contributed by atoms with Crippen molar-refractivity contribution in [2.45, 2.75) is 19.8 Å². The molecule has 4 aromatic carbocycles. The highest BCUT2D eigenvalue weighted by molar-refractivity contribution is 8.04. The van der Waals surface area contributed by atoms with Crippen molar-refractivity contribution < 1.29 is 4.79 Å². The van der Waals surface area contributed by atoms with Crippen LogP contribution in [0.15, 0.2) is 132 Å². The van der Waals surface area contributed by atoms with Gasteiger partial charge < -0.3 is 0 Å². The number of nitrogens with one attached hydrogen (secondary N) is 1. The number of carbonyl (C=O) groups is 1. The molecule has 0 radical (unpaired) electrons. The third kappa shape index (κ3) is 5.75. The molecule has 1 N–H and O–H groups in total. The molecule has 0 aromatic heterocycles. The smallest absolute Gasteiger partial charge is 0.258 e. The van der Waals surface area contributed by atoms with Gasteiger partial charge in [-0.15, -0.1) is 11.8 Å². The van der Waals surface area contributed by atoms with Gasteiger partial charge in [-0.05, 0) is 60.7 Å². The van der Waals surface area contributed by atoms with Crippen LogP contribution in [-0.4, -0.2) is 11.7 Å². The summed E-state index contributed by atoms with van der Waals surface area (Å²) in [6, 6.07) is 41.4. The fourth-order valence-electron chi connectivity index (χ4n) is 4.16. The van der Waals surface area contributed by atoms with Crippen molar-refractivity contribution >= 4 is 40.8 Å². The van der Waals surface area contributed by atoms with Crippen LogP contribution in [0.2, 0.25) is 0 Å². The van der Waals surface area contributed by atoms with Crippen LogP contribution in [0.1, 0.15) is 30.1 Å². The van der Waals surface area contributed by atoms with Crippen LogP contribution in [0.25, 0.3) is 0 Å². The molecule has 0 fully saturated rings. The lowest BCUT2D eigenvalue weighted by Gasteiger charge is -2.29. The van der Waals surface area contributed by atoms with Crippen molar-refractivity contribution in [3.8, 4) is 0 Å². The zero-order valence-corrected chi connectivity index (χ0v) is 21.7. The minimum Gasteiger partial charge on any atom is -0.292 e. The minimum absolute atomic E-state index is 0.0832. The normalized spacial score (nSPS) is 11.7. The van der Waals surface area contributed by atoms with E-state index in [0.717, 1.165) is 24.0 Å². The molecule has 0 aliphatic carbocycles. The van der Waals surface area contributed by atoms with E-state index >= 15 is 0 Å². The van der Waals surface area contributed by atoms with Gasteiger partial charge in [0.1, 0.15) is 15.9 Å². The fraction of sp³-hybridized carbons (Fsp3) is 0.129. The summed E-state index contributed by atoms with van der Waals surface area (Å²) in [7, 11) is -2.38. The maximum absolute atomic E-state index is 13.5. The Bertz CT molecular complexity index is 1130. The quantitative estimate of drug-likeness (QED) is 0.195. The van der Waals surface area contributed by atoms with Crippen molar-refractivity contribution in [1.29, 1.82) is 0 Å². The Morgan fingerprint density at radius 3 is 1.57 bits per heavy atom. The lowest BCUT2D eigenvalue weighted by Crippen LogP contribution is -2.38. The Hall–Kier alpha value is -3.13. The monoisotopic (exact) mass is 496 g/mol. The van der Waals surface area contributed by atoms with E-state index in [-0.39, 0.29) is 5.91 Å². The van der Waals surface area contributed by atoms with Gasteiger partial charge in [0, 0.05) is 11.0 Å². The highest BCUT2D eigenvalue weighted by Crippen LogP contribution is 2.61. The predicted octanol–water partition coefficient (Wildman–Crippen LogP) is 6.74. The van der Waals surface area contributed by atoms with Crippen LogP contribution in [0.3, 0.4) is 0 Å². The highest BCUT2D eigenvalue weighted by atomic mass is 32.2. The Labute approximate surface area is 213 Å². The van der Waals surface area contributed by atoms with Crippen LogP contribution in [-0.2, 0) is 0 Å². The third-order valence-corrected chi connectivity index (χ3v) is 11.2. The molecular formula is C31H31NOPS+. The Morgan fingerprint density at radius 2 is 1.14 bits per heavy atom. The van der Waals surface area contributed by atoms with Gasteiger partial charge in [-0.2, -0.15) is 0 Å². The zero-order chi connectivity index (χ0) is 24.3. The number of unbranched alkanes of at least 4 members (excludes halogenated alkanes) is 1. The first kappa shape index (κ1) is 25.0. The first-order valence-electron chi connectivity index (χ1n) is 12.0. The minimum atomic E-state index is -2.38. The number of hydrogen-bond donors (Lipinski definition) is 1. The molecular weight excluding hydrogens is 465 g/mol. The van der Waals surface area contributed by atoms with E-state index in [1.54, 1.807) is 11.8 Å². The molecule has 0 heterocycles. The number of carbonyl (C=O) groups excluding carboxylic acids is 1. The SMILES string of the molecule is CCCCSC=C(NC(=O)c1ccccc1)[P+](c1ccccc1)(c1ccccc1)c1ccccc1. The summed E-state index contributed by atoms with van der Waals surface area (Å²) in [6.07, 6.45) is 2.28. The Kier molecular flexibility index (Phi) is 8.95. The van der Waals surface area contributed by atoms with E-state index in [4.69, 9.17) is 0 Å². The molecule has 0 saturated carbocycles. The number of hydrogen-bond acceptors (Lipinski definition) is 2. The summed E-state index contributed by atoms with van der Waals surface area (Å²) in [6.45, 7) is 2.21. The first-order valence-corrected chi connectivity index (χ1v) is 14.8. The van der Waals surface area contributed by atoms with Crippen LogP contribution < -0.4 is 21.2 Å². The fourth-order valence-corrected chi connectivity index (χ4v) is 9.66. The molecule has 4 aromatic rings. The van der Waals surface area contributed by atoms with Crippen molar-refractivity contribution in [2.24, 2.45) is 0 Å². The molecule has 0 aliphatic heterocycles. The average molecular weight is 497 g/mol. The summed E-state index contributed by atoms with van der Waals surface area (Å²) in [5, 5.41) is 9.25. The summed E-state index contributed by atoms with van der Waals surface area (Å²) in [4.78, 5) is 13.5. The second kappa shape index (κ2) is 12.5. The number of rotatable bonds is 10. The van der Waals surface area contributed by atoms with Gasteiger partial charge in [-0.1, -0.05) is 86.1 Å². The van der Waals surface area contributed by atoms with Gasteiger partial charge >= 0.3 is 0 Å². The maximum Gasteiger partial charge on any atom is 0.258 e. The van der Waals surface area contributed by atoms with E-state index in [0.29, 0.717) is 5.56 Å². The van der Waals surface area contributed by atoms with E-state index in [2.05, 4.69) is 109 Å². The van der Waals surface area contributed by atoms with E-state index in [1.165, 1.54) is 15.9 Å². The van der Waals surface area contributed by atoms with Crippen molar-refractivity contribution in [2.75, 3.05) is 5.75 Å². The highest BCUT2D eigenvalue weighted by Gasteiger charge is 2.50. The number of benzene rings is 4. The number of amides is 1. The molecule has 4 rings (SSSR count). The molecule has 2 nitrogen and oxygen atoms in total. The van der Waals surface area contributed by atoms with Gasteiger partial charge in [0.05, 0.1) is 0 Å². The molecule has 0 saturated heterocycles. The van der Waals surface area contributed by atoms with Gasteiger partial charge in [-0.25, -0.2) is 0 Å². The molecule has 1 amide bonds. The van der Waals surface area contributed by atoms with Crippen LogP contribution in [0.5, 0.6) is 0 Å². The third-order valence-electron chi connectivity index (χ3n) is 5.88. The lowest BCUT2D eigenvalue weighted by molar-refractivity contribution is 0.0968. The first-order chi connectivity index (χ1) is 17.3. The molecule has 0 unspecified atom stereocenters. The van der Waals surface area contributed by atoms with E-state index < -0.39 is 7.26 Å². The van der Waals surface area contributed by atoms with Gasteiger partial charge in [0.2, 0.25) is 0 Å². The summed E-state index contributed by atoms with van der Waals surface area (Å²) >= 11 is 1.79. The second-order valence-corrected chi connectivity index (χ2v) is 12.6. The largest absolute Gasteiger partial charge is 0.292 e. The molecule has 35 heavy (non-hydrogen) atoms. The predicted molar refractivity (Wildman–Crippen MR) is 155 cm³/mol. The zero-order valence-electron chi connectivity index (χ0n) is 20.0. The molecule has 0 spiro atoms. The molecule has 0 bridgehead atoms. The summed E-state index contributed by atoms with van der Waals surface area (Å²) in [5.74, 6) is 0.930. The standard InChI is InChI=1S/C31H30NOPS/c1-2-3-24-35-25-30(32-31(33)26-16-8-4-9-17-26)34(27-18-10-5-11-19-27,28-20-12-6-13-21-28)29-22-14-7-15-23-29/h4-23,25H,2-3,24H2,1H3/p+1. The summed E-state index contributed by atoms with van der Waals surface area (Å²) < 4.78 is 0. The van der Waals surface area contributed by atoms with Gasteiger partial charge in [0.15, 0.2) is 12.7 Å². The van der Waals surface area contributed by atoms with Gasteiger partial charge in [-0.3, -0.25) is 10.1 Å². The molecule has 0 atom stereocenters. The second-order valence-electron chi connectivity index (χ2n) is 8.23. The lowest BCUT2D eigenvalue weighted by atomic mass is 10.2. The molecule has 4 heteroatoms. The van der Waals surface area contributed by atoms with Gasteiger partial charge in [0.25, 0.3) is 5.91 Å². The molecule has 176 valence electrons. The van der Waals surface area contributed by atoms with E-state index in [1.807, 2.05) is 30.3 Å². The average Bonchev–Trinajstić information content (AvgIpc) is 2.93. The number of thioether (sulfide) groups is 1. The maximum atomic E-state index is 13.5.